The average Bonchev–Trinajstić information content (AvgIpc) is 2.27. The summed E-state index contributed by atoms with van der Waals surface area (Å²) in [7, 11) is 3.26. The molecule has 15 heavy (non-hydrogen) atoms. The normalized spacial score (nSPS) is 10.3. The molecule has 0 aliphatic carbocycles. The van der Waals surface area contributed by atoms with E-state index in [1.54, 1.807) is 14.2 Å². The zero-order valence-electron chi connectivity index (χ0n) is 8.58. The number of fused-ring (bicyclic) bond motifs is 1. The number of benzene rings is 2. The van der Waals surface area contributed by atoms with Gasteiger partial charge in [0.05, 0.1) is 14.2 Å². The van der Waals surface area contributed by atoms with Crippen LogP contribution in [0, 0.1) is 0 Å². The van der Waals surface area contributed by atoms with Gasteiger partial charge in [-0.25, -0.2) is 0 Å². The summed E-state index contributed by atoms with van der Waals surface area (Å²) in [5.41, 5.74) is 0. The fourth-order valence-electron chi connectivity index (χ4n) is 1.62. The minimum atomic E-state index is 0.717. The van der Waals surface area contributed by atoms with Gasteiger partial charge in [0.15, 0.2) is 11.5 Å². The van der Waals surface area contributed by atoms with Gasteiger partial charge in [-0.1, -0.05) is 17.7 Å². The van der Waals surface area contributed by atoms with Crippen molar-refractivity contribution < 1.29 is 9.47 Å². The predicted molar refractivity (Wildman–Crippen MR) is 62.1 cm³/mol. The second-order valence-electron chi connectivity index (χ2n) is 3.17. The molecule has 0 aliphatic rings. The molecule has 0 amide bonds. The van der Waals surface area contributed by atoms with Gasteiger partial charge in [-0.15, -0.1) is 0 Å². The highest BCUT2D eigenvalue weighted by molar-refractivity contribution is 6.31. The summed E-state index contributed by atoms with van der Waals surface area (Å²) in [6.45, 7) is 0. The molecule has 0 spiro atoms. The molecule has 0 atom stereocenters. The molecule has 0 heterocycles. The molecule has 2 aromatic rings. The average molecular weight is 223 g/mol. The number of rotatable bonds is 2. The number of ether oxygens (including phenoxy) is 2. The Morgan fingerprint density at radius 3 is 2.47 bits per heavy atom. The number of hydrogen-bond acceptors (Lipinski definition) is 2. The fraction of sp³-hybridized carbons (Fsp3) is 0.167. The van der Waals surface area contributed by atoms with Gasteiger partial charge in [0, 0.05) is 10.4 Å². The van der Waals surface area contributed by atoms with Crippen LogP contribution in [0.3, 0.4) is 0 Å². The molecule has 0 unspecified atom stereocenters. The van der Waals surface area contributed by atoms with Crippen molar-refractivity contribution >= 4 is 22.4 Å². The van der Waals surface area contributed by atoms with Gasteiger partial charge >= 0.3 is 0 Å². The Morgan fingerprint density at radius 1 is 1.00 bits per heavy atom. The Morgan fingerprint density at radius 2 is 1.80 bits per heavy atom. The second-order valence-corrected chi connectivity index (χ2v) is 3.60. The first-order valence-corrected chi connectivity index (χ1v) is 4.94. The monoisotopic (exact) mass is 222 g/mol. The molecule has 0 N–H and O–H groups in total. The summed E-state index contributed by atoms with van der Waals surface area (Å²) in [5, 5.41) is 2.76. The van der Waals surface area contributed by atoms with E-state index >= 15 is 0 Å². The van der Waals surface area contributed by atoms with Gasteiger partial charge in [-0.3, -0.25) is 0 Å². The third-order valence-corrected chi connectivity index (χ3v) is 2.56. The first-order valence-electron chi connectivity index (χ1n) is 4.56. The van der Waals surface area contributed by atoms with Crippen LogP contribution in [0.5, 0.6) is 11.5 Å². The van der Waals surface area contributed by atoms with Crippen molar-refractivity contribution in [1.82, 2.24) is 0 Å². The van der Waals surface area contributed by atoms with Gasteiger partial charge < -0.3 is 9.47 Å². The summed E-state index contributed by atoms with van der Waals surface area (Å²) < 4.78 is 10.5. The van der Waals surface area contributed by atoms with Gasteiger partial charge in [0.1, 0.15) is 0 Å². The summed E-state index contributed by atoms with van der Waals surface area (Å²) in [6.07, 6.45) is 0. The van der Waals surface area contributed by atoms with E-state index < -0.39 is 0 Å². The maximum absolute atomic E-state index is 5.92. The van der Waals surface area contributed by atoms with E-state index in [9.17, 15) is 0 Å². The molecule has 0 aliphatic heterocycles. The molecule has 0 aromatic heterocycles. The Kier molecular flexibility index (Phi) is 2.69. The van der Waals surface area contributed by atoms with Crippen LogP contribution in [0.1, 0.15) is 0 Å². The first kappa shape index (κ1) is 10.1. The van der Waals surface area contributed by atoms with Crippen molar-refractivity contribution in [3.63, 3.8) is 0 Å². The summed E-state index contributed by atoms with van der Waals surface area (Å²) in [6, 6.07) is 9.50. The Balaban J connectivity index is 2.76. The summed E-state index contributed by atoms with van der Waals surface area (Å²) in [4.78, 5) is 0. The van der Waals surface area contributed by atoms with E-state index in [0.717, 1.165) is 27.3 Å². The van der Waals surface area contributed by atoms with Crippen molar-refractivity contribution in [3.8, 4) is 11.5 Å². The highest BCUT2D eigenvalue weighted by Gasteiger charge is 2.08. The van der Waals surface area contributed by atoms with Crippen molar-refractivity contribution in [2.45, 2.75) is 0 Å². The molecule has 2 aromatic carbocycles. The van der Waals surface area contributed by atoms with E-state index in [1.165, 1.54) is 0 Å². The zero-order chi connectivity index (χ0) is 10.8. The van der Waals surface area contributed by atoms with Crippen molar-refractivity contribution in [1.29, 1.82) is 0 Å². The number of halogens is 1. The largest absolute Gasteiger partial charge is 0.493 e. The van der Waals surface area contributed by atoms with E-state index in [-0.39, 0.29) is 0 Å². The Labute approximate surface area is 93.4 Å². The van der Waals surface area contributed by atoms with E-state index in [0.29, 0.717) is 0 Å². The lowest BCUT2D eigenvalue weighted by atomic mass is 10.1. The molecule has 2 rings (SSSR count). The SMILES string of the molecule is COc1ccc2cc(Cl)ccc2c1OC. The molecule has 0 saturated carbocycles. The minimum Gasteiger partial charge on any atom is -0.493 e. The Hall–Kier alpha value is -1.41. The molecule has 0 fully saturated rings. The molecule has 3 heteroatoms. The Bertz CT molecular complexity index is 494. The lowest BCUT2D eigenvalue weighted by Gasteiger charge is -2.10. The molecule has 0 radical (unpaired) electrons. The van der Waals surface area contributed by atoms with Crippen LogP contribution < -0.4 is 9.47 Å². The van der Waals surface area contributed by atoms with Crippen LogP contribution in [0.4, 0.5) is 0 Å². The third-order valence-electron chi connectivity index (χ3n) is 2.32. The van der Waals surface area contributed by atoms with Gasteiger partial charge in [-0.2, -0.15) is 0 Å². The van der Waals surface area contributed by atoms with Crippen LogP contribution in [-0.2, 0) is 0 Å². The second kappa shape index (κ2) is 3.99. The first-order chi connectivity index (χ1) is 7.26. The van der Waals surface area contributed by atoms with E-state index in [1.807, 2.05) is 30.3 Å². The quantitative estimate of drug-likeness (QED) is 0.774. The highest BCUT2D eigenvalue weighted by atomic mass is 35.5. The highest BCUT2D eigenvalue weighted by Crippen LogP contribution is 2.36. The lowest BCUT2D eigenvalue weighted by Crippen LogP contribution is -1.91. The van der Waals surface area contributed by atoms with Crippen molar-refractivity contribution in [2.75, 3.05) is 14.2 Å². The fourth-order valence-corrected chi connectivity index (χ4v) is 1.80. The lowest BCUT2D eigenvalue weighted by molar-refractivity contribution is 0.358. The smallest absolute Gasteiger partial charge is 0.168 e. The molecular formula is C12H11ClO2. The maximum Gasteiger partial charge on any atom is 0.168 e. The van der Waals surface area contributed by atoms with Crippen LogP contribution >= 0.6 is 11.6 Å². The van der Waals surface area contributed by atoms with E-state index in [4.69, 9.17) is 21.1 Å². The number of methoxy groups -OCH3 is 2. The third kappa shape index (κ3) is 1.73. The molecule has 78 valence electrons. The standard InChI is InChI=1S/C12H11ClO2/c1-14-11-6-3-8-7-9(13)4-5-10(8)12(11)15-2/h3-7H,1-2H3. The molecule has 2 nitrogen and oxygen atoms in total. The summed E-state index contributed by atoms with van der Waals surface area (Å²) >= 11 is 5.92. The van der Waals surface area contributed by atoms with Crippen LogP contribution in [0.2, 0.25) is 5.02 Å². The van der Waals surface area contributed by atoms with Gasteiger partial charge in [-0.05, 0) is 29.7 Å². The molecule has 0 saturated heterocycles. The summed E-state index contributed by atoms with van der Waals surface area (Å²) in [5.74, 6) is 1.47. The van der Waals surface area contributed by atoms with Crippen LogP contribution in [0.25, 0.3) is 10.8 Å². The predicted octanol–water partition coefficient (Wildman–Crippen LogP) is 3.51. The van der Waals surface area contributed by atoms with Crippen LogP contribution in [0.15, 0.2) is 30.3 Å². The van der Waals surface area contributed by atoms with Crippen LogP contribution in [-0.4, -0.2) is 14.2 Å². The van der Waals surface area contributed by atoms with Crippen molar-refractivity contribution in [2.24, 2.45) is 0 Å². The van der Waals surface area contributed by atoms with Gasteiger partial charge in [0.25, 0.3) is 0 Å². The van der Waals surface area contributed by atoms with E-state index in [2.05, 4.69) is 0 Å². The number of hydrogen-bond donors (Lipinski definition) is 0. The topological polar surface area (TPSA) is 18.5 Å². The zero-order valence-corrected chi connectivity index (χ0v) is 9.34. The van der Waals surface area contributed by atoms with Crippen molar-refractivity contribution in [3.05, 3.63) is 35.4 Å². The van der Waals surface area contributed by atoms with Gasteiger partial charge in [0.2, 0.25) is 0 Å². The molecular weight excluding hydrogens is 212 g/mol. The molecule has 0 bridgehead atoms. The minimum absolute atomic E-state index is 0.717. The maximum atomic E-state index is 5.92.